The molecule has 30 heavy (non-hydrogen) atoms. The summed E-state index contributed by atoms with van der Waals surface area (Å²) in [5.74, 6) is -6.82. The molecule has 7 nitrogen and oxygen atoms in total. The minimum atomic E-state index is -2.85. The summed E-state index contributed by atoms with van der Waals surface area (Å²) in [5, 5.41) is 39.2. The molecule has 0 aliphatic carbocycles. The van der Waals surface area contributed by atoms with Gasteiger partial charge < -0.3 is 25.2 Å². The third-order valence-corrected chi connectivity index (χ3v) is 5.51. The van der Waals surface area contributed by atoms with Gasteiger partial charge in [-0.05, 0) is 6.42 Å². The van der Waals surface area contributed by atoms with Crippen LogP contribution >= 0.6 is 0 Å². The molecule has 0 amide bonds. The molecule has 0 aliphatic rings. The van der Waals surface area contributed by atoms with Crippen LogP contribution in [0.15, 0.2) is 0 Å². The molecule has 2 atom stereocenters. The summed E-state index contributed by atoms with van der Waals surface area (Å²) < 4.78 is 0. The van der Waals surface area contributed by atoms with Crippen LogP contribution in [0.2, 0.25) is 0 Å². The van der Waals surface area contributed by atoms with Crippen molar-refractivity contribution in [1.82, 2.24) is 0 Å². The van der Waals surface area contributed by atoms with Crippen molar-refractivity contribution in [3.05, 3.63) is 0 Å². The minimum Gasteiger partial charge on any atom is -0.550 e. The van der Waals surface area contributed by atoms with Gasteiger partial charge in [-0.3, -0.25) is 4.79 Å². The van der Waals surface area contributed by atoms with Gasteiger partial charge in [0, 0.05) is 12.4 Å². The van der Waals surface area contributed by atoms with Gasteiger partial charge in [0.15, 0.2) is 5.60 Å². The Morgan fingerprint density at radius 1 is 0.767 bits per heavy atom. The molecule has 0 fully saturated rings. The van der Waals surface area contributed by atoms with E-state index in [1.807, 2.05) is 0 Å². The fourth-order valence-corrected chi connectivity index (χ4v) is 3.68. The van der Waals surface area contributed by atoms with Crippen LogP contribution in [0.4, 0.5) is 0 Å². The van der Waals surface area contributed by atoms with Crippen molar-refractivity contribution < 1.29 is 64.4 Å². The van der Waals surface area contributed by atoms with Gasteiger partial charge in [0.1, 0.15) is 0 Å². The van der Waals surface area contributed by atoms with Crippen molar-refractivity contribution in [2.75, 3.05) is 0 Å². The summed E-state index contributed by atoms with van der Waals surface area (Å²) in [7, 11) is 0. The molecule has 0 rings (SSSR count). The number of unbranched alkanes of at least 4 members (excludes halogenated alkanes) is 13. The van der Waals surface area contributed by atoms with E-state index in [4.69, 9.17) is 5.11 Å². The van der Waals surface area contributed by atoms with Gasteiger partial charge in [-0.2, -0.15) is 0 Å². The molecule has 0 aliphatic heterocycles. The zero-order valence-electron chi connectivity index (χ0n) is 18.9. The first-order chi connectivity index (χ1) is 13.8. The van der Waals surface area contributed by atoms with Crippen LogP contribution < -0.4 is 34.7 Å². The van der Waals surface area contributed by atoms with Crippen LogP contribution in [0.3, 0.4) is 0 Å². The van der Waals surface area contributed by atoms with Gasteiger partial charge in [-0.15, -0.1) is 0 Å². The second kappa shape index (κ2) is 19.1. The Morgan fingerprint density at radius 2 is 1.13 bits per heavy atom. The summed E-state index contributed by atoms with van der Waals surface area (Å²) in [6, 6.07) is 0. The molecule has 0 aromatic rings. The zero-order valence-corrected chi connectivity index (χ0v) is 20.9. The van der Waals surface area contributed by atoms with E-state index in [1.54, 1.807) is 0 Å². The first-order valence-corrected chi connectivity index (χ1v) is 11.1. The predicted molar refractivity (Wildman–Crippen MR) is 108 cm³/mol. The third-order valence-electron chi connectivity index (χ3n) is 5.51. The summed E-state index contributed by atoms with van der Waals surface area (Å²) in [6.07, 6.45) is 14.5. The van der Waals surface area contributed by atoms with Crippen molar-refractivity contribution in [3.63, 3.8) is 0 Å². The van der Waals surface area contributed by atoms with E-state index in [9.17, 15) is 29.7 Å². The first kappa shape index (κ1) is 31.6. The Kier molecular flexibility index (Phi) is 20.1. The molecule has 2 unspecified atom stereocenters. The maximum Gasteiger partial charge on any atom is 1.00 e. The van der Waals surface area contributed by atoms with Crippen molar-refractivity contribution in [2.45, 2.75) is 115 Å². The second-order valence-corrected chi connectivity index (χ2v) is 8.05. The number of carbonyl (C=O) groups is 3. The van der Waals surface area contributed by atoms with Crippen LogP contribution in [-0.2, 0) is 14.4 Å². The van der Waals surface area contributed by atoms with Crippen molar-refractivity contribution >= 4 is 17.9 Å². The molecule has 8 heteroatoms. The molecule has 0 aromatic heterocycles. The van der Waals surface area contributed by atoms with Crippen LogP contribution in [0, 0.1) is 5.92 Å². The number of carbonyl (C=O) groups excluding carboxylic acids is 1. The average molecular weight is 439 g/mol. The topological polar surface area (TPSA) is 135 Å². The molecule has 170 valence electrons. The SMILES string of the molecule is CCCCCCCCCCCCCCCCC(C(=O)O)C(O)(CC(=O)[O-])C(=O)O.[Na+]. The summed E-state index contributed by atoms with van der Waals surface area (Å²) in [6.45, 7) is 2.22. The maximum atomic E-state index is 11.4. The van der Waals surface area contributed by atoms with Gasteiger partial charge in [0.05, 0.1) is 5.92 Å². The third kappa shape index (κ3) is 14.4. The average Bonchev–Trinajstić information content (AvgIpc) is 2.63. The summed E-state index contributed by atoms with van der Waals surface area (Å²) in [4.78, 5) is 33.3. The van der Waals surface area contributed by atoms with Crippen LogP contribution in [0.25, 0.3) is 0 Å². The van der Waals surface area contributed by atoms with Gasteiger partial charge in [0.25, 0.3) is 0 Å². The molecular weight excluding hydrogens is 399 g/mol. The van der Waals surface area contributed by atoms with Crippen molar-refractivity contribution in [3.8, 4) is 0 Å². The summed E-state index contributed by atoms with van der Waals surface area (Å²) >= 11 is 0. The number of aliphatic carboxylic acids is 3. The maximum absolute atomic E-state index is 11.4. The van der Waals surface area contributed by atoms with Gasteiger partial charge in [-0.1, -0.05) is 96.8 Å². The van der Waals surface area contributed by atoms with Crippen LogP contribution in [0.5, 0.6) is 0 Å². The van der Waals surface area contributed by atoms with Crippen molar-refractivity contribution in [1.29, 1.82) is 0 Å². The first-order valence-electron chi connectivity index (χ1n) is 11.1. The fraction of sp³-hybridized carbons (Fsp3) is 0.864. The Bertz CT molecular complexity index is 484. The van der Waals surface area contributed by atoms with Crippen LogP contribution in [0.1, 0.15) is 110 Å². The number of rotatable bonds is 20. The van der Waals surface area contributed by atoms with Crippen LogP contribution in [-0.4, -0.2) is 38.8 Å². The smallest absolute Gasteiger partial charge is 0.550 e. The standard InChI is InChI=1S/C22H40O7.Na/c1-2-3-4-5-6-7-8-9-10-11-12-13-14-15-16-18(20(25)26)22(29,21(27)28)17-19(23)24;/h18,29H,2-17H2,1H3,(H,23,24)(H,25,26)(H,27,28);/q;+1/p-1. The molecule has 0 heterocycles. The van der Waals surface area contributed by atoms with E-state index < -0.39 is 35.8 Å². The molecule has 0 aromatic carbocycles. The van der Waals surface area contributed by atoms with Gasteiger partial charge in [-0.25, -0.2) is 4.79 Å². The normalized spacial score (nSPS) is 13.8. The van der Waals surface area contributed by atoms with E-state index in [-0.39, 0.29) is 36.0 Å². The number of hydrogen-bond donors (Lipinski definition) is 3. The minimum absolute atomic E-state index is 0. The fourth-order valence-electron chi connectivity index (χ4n) is 3.68. The number of carboxylic acid groups (broad SMARTS) is 3. The van der Waals surface area contributed by atoms with E-state index in [2.05, 4.69) is 6.92 Å². The van der Waals surface area contributed by atoms with E-state index in [1.165, 1.54) is 57.8 Å². The number of carboxylic acids is 3. The second-order valence-electron chi connectivity index (χ2n) is 8.05. The zero-order chi connectivity index (χ0) is 22.1. The van der Waals surface area contributed by atoms with E-state index in [0.29, 0.717) is 6.42 Å². The van der Waals surface area contributed by atoms with E-state index in [0.717, 1.165) is 25.7 Å². The Hall–Kier alpha value is -0.630. The Morgan fingerprint density at radius 3 is 1.43 bits per heavy atom. The quantitative estimate of drug-likeness (QED) is 0.186. The van der Waals surface area contributed by atoms with Gasteiger partial charge >= 0.3 is 41.5 Å². The Labute approximate surface area is 202 Å². The number of hydrogen-bond acceptors (Lipinski definition) is 5. The Balaban J connectivity index is 0. The molecule has 0 radical (unpaired) electrons. The molecular formula is C22H39NaO7. The molecule has 0 saturated carbocycles. The molecule has 0 spiro atoms. The van der Waals surface area contributed by atoms with Gasteiger partial charge in [0.2, 0.25) is 0 Å². The molecule has 0 saturated heterocycles. The number of aliphatic hydroxyl groups is 1. The largest absolute Gasteiger partial charge is 1.00 e. The monoisotopic (exact) mass is 438 g/mol. The predicted octanol–water partition coefficient (Wildman–Crippen LogP) is 0.518. The van der Waals surface area contributed by atoms with E-state index >= 15 is 0 Å². The molecule has 3 N–H and O–H groups in total. The molecule has 0 bridgehead atoms. The van der Waals surface area contributed by atoms with Crippen molar-refractivity contribution in [2.24, 2.45) is 5.92 Å². The summed E-state index contributed by atoms with van der Waals surface area (Å²) in [5.41, 5.74) is -2.85.